The first-order chi connectivity index (χ1) is 13.3. The van der Waals surface area contributed by atoms with Crippen molar-refractivity contribution >= 4 is 40.5 Å². The van der Waals surface area contributed by atoms with Gasteiger partial charge in [-0.3, -0.25) is 19.6 Å². The predicted molar refractivity (Wildman–Crippen MR) is 105 cm³/mol. The molecule has 0 radical (unpaired) electrons. The number of nitro benzene ring substituents is 1. The van der Waals surface area contributed by atoms with Gasteiger partial charge in [-0.25, -0.2) is 0 Å². The Bertz CT molecular complexity index is 1050. The van der Waals surface area contributed by atoms with Crippen LogP contribution in [0.5, 0.6) is 11.5 Å². The van der Waals surface area contributed by atoms with Crippen molar-refractivity contribution in [2.45, 2.75) is 13.5 Å². The summed E-state index contributed by atoms with van der Waals surface area (Å²) in [5, 5.41) is 18.6. The molecule has 2 aromatic carbocycles. The van der Waals surface area contributed by atoms with E-state index in [1.54, 1.807) is 31.3 Å². The molecule has 1 amide bonds. The van der Waals surface area contributed by atoms with Crippen molar-refractivity contribution in [1.82, 2.24) is 9.78 Å². The predicted octanol–water partition coefficient (Wildman–Crippen LogP) is 4.84. The van der Waals surface area contributed by atoms with Crippen LogP contribution in [-0.4, -0.2) is 20.6 Å². The van der Waals surface area contributed by atoms with Gasteiger partial charge in [0.05, 0.1) is 27.4 Å². The number of aryl methyl sites for hydroxylation is 1. The maximum Gasteiger partial charge on any atom is 0.275 e. The van der Waals surface area contributed by atoms with Crippen molar-refractivity contribution in [2.75, 3.05) is 5.32 Å². The van der Waals surface area contributed by atoms with Gasteiger partial charge >= 0.3 is 0 Å². The molecule has 0 spiro atoms. The number of nitrogens with one attached hydrogen (secondary N) is 1. The minimum absolute atomic E-state index is 0.0320. The topological polar surface area (TPSA) is 99.3 Å². The molecule has 0 saturated heterocycles. The number of carbonyl (C=O) groups is 1. The van der Waals surface area contributed by atoms with Crippen molar-refractivity contribution in [2.24, 2.45) is 0 Å². The number of carbonyl (C=O) groups excluding carboxylic acids is 1. The first kappa shape index (κ1) is 19.7. The second kappa shape index (κ2) is 8.28. The van der Waals surface area contributed by atoms with E-state index in [-0.39, 0.29) is 40.3 Å². The lowest BCUT2D eigenvalue weighted by Gasteiger charge is -2.11. The molecule has 8 nitrogen and oxygen atoms in total. The lowest BCUT2D eigenvalue weighted by Crippen LogP contribution is -2.19. The highest BCUT2D eigenvalue weighted by Crippen LogP contribution is 2.34. The lowest BCUT2D eigenvalue weighted by molar-refractivity contribution is -0.384. The van der Waals surface area contributed by atoms with Gasteiger partial charge in [0.1, 0.15) is 18.0 Å². The van der Waals surface area contributed by atoms with E-state index in [4.69, 9.17) is 27.9 Å². The summed E-state index contributed by atoms with van der Waals surface area (Å²) in [5.74, 6) is 0.0265. The zero-order chi connectivity index (χ0) is 20.3. The number of nitro groups is 1. The third-order valence-corrected chi connectivity index (χ3v) is 4.12. The average Bonchev–Trinajstić information content (AvgIpc) is 3.01. The summed E-state index contributed by atoms with van der Waals surface area (Å²) in [6, 6.07) is 10.3. The van der Waals surface area contributed by atoms with Gasteiger partial charge in [0.15, 0.2) is 0 Å². The highest BCUT2D eigenvalue weighted by atomic mass is 35.5. The molecule has 3 aromatic rings. The molecule has 0 atom stereocenters. The Morgan fingerprint density at radius 1 is 1.25 bits per heavy atom. The van der Waals surface area contributed by atoms with Crippen molar-refractivity contribution < 1.29 is 14.5 Å². The first-order valence-electron chi connectivity index (χ1n) is 8.02. The van der Waals surface area contributed by atoms with Crippen molar-refractivity contribution in [3.05, 3.63) is 74.5 Å². The Hall–Kier alpha value is -3.10. The SMILES string of the molecule is Cc1ccn(CC(=O)Nc2cc(Oc3ccc(Cl)cc3Cl)cc([N+](=O)[O-])c2)n1. The zero-order valence-electron chi connectivity index (χ0n) is 14.6. The monoisotopic (exact) mass is 420 g/mol. The molecule has 28 heavy (non-hydrogen) atoms. The summed E-state index contributed by atoms with van der Waals surface area (Å²) in [7, 11) is 0. The highest BCUT2D eigenvalue weighted by molar-refractivity contribution is 6.35. The third kappa shape index (κ3) is 4.99. The number of hydrogen-bond donors (Lipinski definition) is 1. The summed E-state index contributed by atoms with van der Waals surface area (Å²) in [4.78, 5) is 22.9. The number of hydrogen-bond acceptors (Lipinski definition) is 5. The summed E-state index contributed by atoms with van der Waals surface area (Å²) in [6.45, 7) is 1.77. The Labute approximate surface area is 169 Å². The number of ether oxygens (including phenoxy) is 1. The third-order valence-electron chi connectivity index (χ3n) is 3.59. The van der Waals surface area contributed by atoms with Crippen LogP contribution in [0.3, 0.4) is 0 Å². The van der Waals surface area contributed by atoms with Gasteiger partial charge in [0.25, 0.3) is 5.69 Å². The summed E-state index contributed by atoms with van der Waals surface area (Å²) in [5.41, 5.74) is 0.745. The van der Waals surface area contributed by atoms with Crippen molar-refractivity contribution in [1.29, 1.82) is 0 Å². The normalized spacial score (nSPS) is 10.5. The Morgan fingerprint density at radius 2 is 2.04 bits per heavy atom. The molecule has 0 aliphatic carbocycles. The molecular formula is C18H14Cl2N4O4. The Balaban J connectivity index is 1.82. The summed E-state index contributed by atoms with van der Waals surface area (Å²) in [6.07, 6.45) is 1.67. The molecule has 10 heteroatoms. The fourth-order valence-electron chi connectivity index (χ4n) is 2.40. The molecular weight excluding hydrogens is 407 g/mol. The smallest absolute Gasteiger partial charge is 0.275 e. The maximum absolute atomic E-state index is 12.2. The highest BCUT2D eigenvalue weighted by Gasteiger charge is 2.14. The first-order valence-corrected chi connectivity index (χ1v) is 8.78. The molecule has 0 unspecified atom stereocenters. The van der Waals surface area contributed by atoms with E-state index in [2.05, 4.69) is 10.4 Å². The fraction of sp³-hybridized carbons (Fsp3) is 0.111. The van der Waals surface area contributed by atoms with Crippen LogP contribution in [0.4, 0.5) is 11.4 Å². The summed E-state index contributed by atoms with van der Waals surface area (Å²) < 4.78 is 7.10. The van der Waals surface area contributed by atoms with E-state index in [1.807, 2.05) is 0 Å². The van der Waals surface area contributed by atoms with Gasteiger partial charge < -0.3 is 10.1 Å². The van der Waals surface area contributed by atoms with Crippen LogP contribution < -0.4 is 10.1 Å². The van der Waals surface area contributed by atoms with Crippen LogP contribution in [0.1, 0.15) is 5.69 Å². The van der Waals surface area contributed by atoms with E-state index in [0.29, 0.717) is 5.02 Å². The molecule has 1 N–H and O–H groups in total. The molecule has 144 valence electrons. The van der Waals surface area contributed by atoms with Gasteiger partial charge in [0.2, 0.25) is 5.91 Å². The molecule has 3 rings (SSSR count). The number of nitrogens with zero attached hydrogens (tertiary/aromatic N) is 3. The maximum atomic E-state index is 12.2. The van der Waals surface area contributed by atoms with E-state index in [1.165, 1.54) is 28.9 Å². The van der Waals surface area contributed by atoms with Gasteiger partial charge in [-0.2, -0.15) is 5.10 Å². The zero-order valence-corrected chi connectivity index (χ0v) is 16.1. The number of non-ortho nitro benzene ring substituents is 1. The van der Waals surface area contributed by atoms with Gasteiger partial charge in [-0.05, 0) is 31.2 Å². The van der Waals surface area contributed by atoms with Crippen LogP contribution >= 0.6 is 23.2 Å². The number of aromatic nitrogens is 2. The van der Waals surface area contributed by atoms with Gasteiger partial charge in [-0.15, -0.1) is 0 Å². The molecule has 0 aliphatic heterocycles. The Kier molecular flexibility index (Phi) is 5.81. The van der Waals surface area contributed by atoms with Crippen molar-refractivity contribution in [3.63, 3.8) is 0 Å². The van der Waals surface area contributed by atoms with Gasteiger partial charge in [-0.1, -0.05) is 23.2 Å². The second-order valence-corrected chi connectivity index (χ2v) is 6.70. The van der Waals surface area contributed by atoms with Crippen molar-refractivity contribution in [3.8, 4) is 11.5 Å². The van der Waals surface area contributed by atoms with Crippen LogP contribution in [0.25, 0.3) is 0 Å². The number of halogens is 2. The largest absolute Gasteiger partial charge is 0.455 e. The molecule has 1 aromatic heterocycles. The molecule has 0 saturated carbocycles. The van der Waals surface area contributed by atoms with Gasteiger partial charge in [0, 0.05) is 23.4 Å². The summed E-state index contributed by atoms with van der Waals surface area (Å²) >= 11 is 11.9. The van der Waals surface area contributed by atoms with Crippen LogP contribution in [0.2, 0.25) is 10.0 Å². The number of benzene rings is 2. The minimum atomic E-state index is -0.581. The van der Waals surface area contributed by atoms with E-state index >= 15 is 0 Å². The second-order valence-electron chi connectivity index (χ2n) is 5.85. The minimum Gasteiger partial charge on any atom is -0.455 e. The average molecular weight is 421 g/mol. The van der Waals surface area contributed by atoms with Crippen LogP contribution in [0.15, 0.2) is 48.7 Å². The lowest BCUT2D eigenvalue weighted by atomic mass is 10.2. The molecule has 1 heterocycles. The number of rotatable bonds is 6. The molecule has 0 bridgehead atoms. The molecule has 0 aliphatic rings. The van der Waals surface area contributed by atoms with Crippen LogP contribution in [0, 0.1) is 17.0 Å². The van der Waals surface area contributed by atoms with E-state index < -0.39 is 4.92 Å². The Morgan fingerprint density at radius 3 is 2.68 bits per heavy atom. The van der Waals surface area contributed by atoms with E-state index in [0.717, 1.165) is 5.69 Å². The molecule has 0 fully saturated rings. The standard InChI is InChI=1S/C18H14Cl2N4O4/c1-11-4-5-23(22-11)10-18(25)21-13-7-14(24(26)27)9-15(8-13)28-17-3-2-12(19)6-16(17)20/h2-9H,10H2,1H3,(H,21,25). The van der Waals surface area contributed by atoms with E-state index in [9.17, 15) is 14.9 Å². The fourth-order valence-corrected chi connectivity index (χ4v) is 2.85. The quantitative estimate of drug-likeness (QED) is 0.454. The number of anilines is 1. The van der Waals surface area contributed by atoms with Crippen LogP contribution in [-0.2, 0) is 11.3 Å². The number of amides is 1.